The number of carbonyl (C=O) groups is 1. The first kappa shape index (κ1) is 15.4. The van der Waals surface area contributed by atoms with Crippen molar-refractivity contribution in [3.63, 3.8) is 0 Å². The van der Waals surface area contributed by atoms with E-state index < -0.39 is 0 Å². The molecular formula is C17H19ClN2O. The number of rotatable bonds is 3. The fourth-order valence-corrected chi connectivity index (χ4v) is 1.98. The number of nitrogens with one attached hydrogen (secondary N) is 2. The predicted octanol–water partition coefficient (Wildman–Crippen LogP) is 4.39. The van der Waals surface area contributed by atoms with Gasteiger partial charge in [0.05, 0.1) is 5.69 Å². The summed E-state index contributed by atoms with van der Waals surface area (Å²) in [5, 5.41) is 0.657. The van der Waals surface area contributed by atoms with Crippen molar-refractivity contribution in [3.05, 3.63) is 64.7 Å². The lowest BCUT2D eigenvalue weighted by molar-refractivity contribution is 0.0962. The highest BCUT2D eigenvalue weighted by Crippen LogP contribution is 2.22. The molecule has 0 aromatic heterocycles. The van der Waals surface area contributed by atoms with E-state index in [9.17, 15) is 4.79 Å². The summed E-state index contributed by atoms with van der Waals surface area (Å²) in [5.74, 6) is -0.176. The van der Waals surface area contributed by atoms with E-state index in [1.54, 1.807) is 24.3 Å². The molecule has 21 heavy (non-hydrogen) atoms. The highest BCUT2D eigenvalue weighted by Gasteiger charge is 2.14. The van der Waals surface area contributed by atoms with Gasteiger partial charge < -0.3 is 0 Å². The van der Waals surface area contributed by atoms with Crippen LogP contribution in [-0.4, -0.2) is 5.91 Å². The van der Waals surface area contributed by atoms with Crippen LogP contribution in [0.5, 0.6) is 0 Å². The maximum atomic E-state index is 12.0. The molecule has 0 radical (unpaired) electrons. The van der Waals surface area contributed by atoms with Gasteiger partial charge in [0.1, 0.15) is 0 Å². The summed E-state index contributed by atoms with van der Waals surface area (Å²) in [4.78, 5) is 12.0. The van der Waals surface area contributed by atoms with E-state index in [0.717, 1.165) is 5.69 Å². The summed E-state index contributed by atoms with van der Waals surface area (Å²) in [6.45, 7) is 6.43. The van der Waals surface area contributed by atoms with E-state index in [2.05, 4.69) is 31.6 Å². The molecular weight excluding hydrogens is 284 g/mol. The number of carbonyl (C=O) groups excluding carboxylic acids is 1. The van der Waals surface area contributed by atoms with Crippen molar-refractivity contribution >= 4 is 23.2 Å². The highest BCUT2D eigenvalue weighted by molar-refractivity contribution is 6.30. The molecule has 0 aliphatic rings. The molecule has 0 spiro atoms. The molecule has 0 bridgehead atoms. The SMILES string of the molecule is CC(C)(C)c1ccc(C(=O)NNc2ccc(Cl)cc2)cc1. The van der Waals surface area contributed by atoms with Crippen LogP contribution in [0.15, 0.2) is 48.5 Å². The second-order valence-corrected chi connectivity index (χ2v) is 6.35. The van der Waals surface area contributed by atoms with E-state index in [0.29, 0.717) is 10.6 Å². The fourth-order valence-electron chi connectivity index (χ4n) is 1.86. The maximum absolute atomic E-state index is 12.0. The Kier molecular flexibility index (Phi) is 4.53. The number of hydrogen-bond donors (Lipinski definition) is 2. The van der Waals surface area contributed by atoms with Crippen molar-refractivity contribution in [1.29, 1.82) is 0 Å². The van der Waals surface area contributed by atoms with Crippen molar-refractivity contribution in [2.75, 3.05) is 5.43 Å². The van der Waals surface area contributed by atoms with Crippen LogP contribution in [0.2, 0.25) is 5.02 Å². The molecule has 0 saturated carbocycles. The fraction of sp³-hybridized carbons (Fsp3) is 0.235. The topological polar surface area (TPSA) is 41.1 Å². The molecule has 2 rings (SSSR count). The van der Waals surface area contributed by atoms with Gasteiger partial charge in [0.25, 0.3) is 5.91 Å². The van der Waals surface area contributed by atoms with Crippen molar-refractivity contribution in [2.24, 2.45) is 0 Å². The molecule has 1 amide bonds. The van der Waals surface area contributed by atoms with E-state index in [-0.39, 0.29) is 11.3 Å². The molecule has 3 nitrogen and oxygen atoms in total. The first-order valence-electron chi connectivity index (χ1n) is 6.79. The van der Waals surface area contributed by atoms with Gasteiger partial charge in [-0.1, -0.05) is 44.5 Å². The summed E-state index contributed by atoms with van der Waals surface area (Å²) in [7, 11) is 0. The van der Waals surface area contributed by atoms with Crippen LogP contribution < -0.4 is 10.9 Å². The molecule has 0 atom stereocenters. The molecule has 2 aromatic rings. The molecule has 0 fully saturated rings. The van der Waals surface area contributed by atoms with Gasteiger partial charge in [-0.3, -0.25) is 15.6 Å². The highest BCUT2D eigenvalue weighted by atomic mass is 35.5. The molecule has 4 heteroatoms. The Bertz CT molecular complexity index is 613. The zero-order chi connectivity index (χ0) is 15.5. The number of halogens is 1. The molecule has 0 saturated heterocycles. The molecule has 2 N–H and O–H groups in total. The van der Waals surface area contributed by atoms with Gasteiger partial charge in [-0.05, 0) is 47.4 Å². The smallest absolute Gasteiger partial charge is 0.269 e. The number of anilines is 1. The van der Waals surface area contributed by atoms with Crippen LogP contribution in [0, 0.1) is 0 Å². The third-order valence-electron chi connectivity index (χ3n) is 3.18. The van der Waals surface area contributed by atoms with Crippen molar-refractivity contribution in [3.8, 4) is 0 Å². The van der Waals surface area contributed by atoms with Gasteiger partial charge in [0, 0.05) is 10.6 Å². The lowest BCUT2D eigenvalue weighted by Gasteiger charge is -2.19. The average molecular weight is 303 g/mol. The van der Waals surface area contributed by atoms with Gasteiger partial charge in [-0.15, -0.1) is 0 Å². The predicted molar refractivity (Wildman–Crippen MR) is 87.7 cm³/mol. The first-order chi connectivity index (χ1) is 9.86. The Morgan fingerprint density at radius 3 is 2.05 bits per heavy atom. The Balaban J connectivity index is 1.99. The summed E-state index contributed by atoms with van der Waals surface area (Å²) < 4.78 is 0. The van der Waals surface area contributed by atoms with Crippen LogP contribution >= 0.6 is 11.6 Å². The lowest BCUT2D eigenvalue weighted by Crippen LogP contribution is -2.29. The number of amides is 1. The van der Waals surface area contributed by atoms with Gasteiger partial charge >= 0.3 is 0 Å². The molecule has 0 aliphatic carbocycles. The second kappa shape index (κ2) is 6.19. The Morgan fingerprint density at radius 1 is 0.952 bits per heavy atom. The van der Waals surface area contributed by atoms with Crippen LogP contribution in [0.25, 0.3) is 0 Å². The average Bonchev–Trinajstić information content (AvgIpc) is 2.45. The summed E-state index contributed by atoms with van der Waals surface area (Å²) in [6.07, 6.45) is 0. The van der Waals surface area contributed by atoms with Gasteiger partial charge in [0.15, 0.2) is 0 Å². The minimum atomic E-state index is -0.176. The Labute approximate surface area is 130 Å². The molecule has 0 unspecified atom stereocenters. The van der Waals surface area contributed by atoms with Crippen molar-refractivity contribution in [1.82, 2.24) is 5.43 Å². The molecule has 0 aliphatic heterocycles. The standard InChI is InChI=1S/C17H19ClN2O/c1-17(2,3)13-6-4-12(5-7-13)16(21)20-19-15-10-8-14(18)9-11-15/h4-11,19H,1-3H3,(H,20,21). The van der Waals surface area contributed by atoms with Gasteiger partial charge in [0.2, 0.25) is 0 Å². The summed E-state index contributed by atoms with van der Waals surface area (Å²) >= 11 is 5.81. The Morgan fingerprint density at radius 2 is 1.52 bits per heavy atom. The molecule has 0 heterocycles. The van der Waals surface area contributed by atoms with E-state index in [1.165, 1.54) is 5.56 Å². The van der Waals surface area contributed by atoms with Crippen LogP contribution in [-0.2, 0) is 5.41 Å². The lowest BCUT2D eigenvalue weighted by atomic mass is 9.87. The van der Waals surface area contributed by atoms with Gasteiger partial charge in [-0.25, -0.2) is 0 Å². The molecule has 2 aromatic carbocycles. The van der Waals surface area contributed by atoms with Crippen LogP contribution in [0.4, 0.5) is 5.69 Å². The Hall–Kier alpha value is -2.00. The third kappa shape index (κ3) is 4.23. The zero-order valence-electron chi connectivity index (χ0n) is 12.4. The monoisotopic (exact) mass is 302 g/mol. The van der Waals surface area contributed by atoms with Gasteiger partial charge in [-0.2, -0.15) is 0 Å². The number of benzene rings is 2. The number of hydrogen-bond acceptors (Lipinski definition) is 2. The van der Waals surface area contributed by atoms with Crippen molar-refractivity contribution in [2.45, 2.75) is 26.2 Å². The second-order valence-electron chi connectivity index (χ2n) is 5.91. The normalized spacial score (nSPS) is 11.0. The summed E-state index contributed by atoms with van der Waals surface area (Å²) in [5.41, 5.74) is 8.19. The zero-order valence-corrected chi connectivity index (χ0v) is 13.2. The minimum Gasteiger partial charge on any atom is -0.298 e. The summed E-state index contributed by atoms with van der Waals surface area (Å²) in [6, 6.07) is 14.7. The van der Waals surface area contributed by atoms with E-state index >= 15 is 0 Å². The third-order valence-corrected chi connectivity index (χ3v) is 3.43. The minimum absolute atomic E-state index is 0.0799. The number of hydrazine groups is 1. The first-order valence-corrected chi connectivity index (χ1v) is 7.16. The van der Waals surface area contributed by atoms with E-state index in [4.69, 9.17) is 11.6 Å². The van der Waals surface area contributed by atoms with Crippen LogP contribution in [0.1, 0.15) is 36.7 Å². The largest absolute Gasteiger partial charge is 0.298 e. The van der Waals surface area contributed by atoms with Crippen LogP contribution in [0.3, 0.4) is 0 Å². The molecule has 110 valence electrons. The van der Waals surface area contributed by atoms with Crippen molar-refractivity contribution < 1.29 is 4.79 Å². The van der Waals surface area contributed by atoms with E-state index in [1.807, 2.05) is 24.3 Å². The quantitative estimate of drug-likeness (QED) is 0.825. The maximum Gasteiger partial charge on any atom is 0.269 e.